The van der Waals surface area contributed by atoms with Crippen LogP contribution in [0, 0.1) is 0 Å². The van der Waals surface area contributed by atoms with Crippen LogP contribution in [0.3, 0.4) is 0 Å². The summed E-state index contributed by atoms with van der Waals surface area (Å²) >= 11 is 20.0. The summed E-state index contributed by atoms with van der Waals surface area (Å²) < 4.78 is 0. The van der Waals surface area contributed by atoms with Crippen LogP contribution in [0.1, 0.15) is 30.0 Å². The molecule has 0 aliphatic rings. The molecule has 3 aromatic carbocycles. The van der Waals surface area contributed by atoms with Gasteiger partial charge in [0.05, 0.1) is 5.75 Å². The summed E-state index contributed by atoms with van der Waals surface area (Å²) in [5.41, 5.74) is 2.78. The number of nitrogens with zero attached hydrogens (tertiary/aromatic N) is 1. The third-order valence-corrected chi connectivity index (χ3v) is 7.41. The van der Waals surface area contributed by atoms with Crippen LogP contribution in [0.5, 0.6) is 0 Å². The summed E-state index contributed by atoms with van der Waals surface area (Å²) in [4.78, 5) is 28.6. The minimum Gasteiger partial charge on any atom is -0.354 e. The Kier molecular flexibility index (Phi) is 11.5. The Balaban J connectivity index is 1.85. The van der Waals surface area contributed by atoms with E-state index in [0.717, 1.165) is 23.1 Å². The normalized spacial score (nSPS) is 11.7. The van der Waals surface area contributed by atoms with E-state index in [2.05, 4.69) is 5.32 Å². The average molecular weight is 564 g/mol. The van der Waals surface area contributed by atoms with Gasteiger partial charge >= 0.3 is 0 Å². The lowest BCUT2D eigenvalue weighted by molar-refractivity contribution is -0.139. The molecule has 0 heterocycles. The standard InChI is InChI=1S/C28H29Cl3N2O2S/c1-2-14-32-28(35)26(15-20-6-4-3-5-7-20)33(17-22-10-13-24(30)16-25(22)31)27(34)19-36-18-21-8-11-23(29)12-9-21/h3-13,16,26H,2,14-15,17-19H2,1H3,(H,32,35)/t26-/m1/s1. The largest absolute Gasteiger partial charge is 0.354 e. The SMILES string of the molecule is CCCNC(=O)[C@@H](Cc1ccccc1)N(Cc1ccc(Cl)cc1Cl)C(=O)CSCc1ccc(Cl)cc1. The van der Waals surface area contributed by atoms with Gasteiger partial charge in [0.2, 0.25) is 11.8 Å². The fourth-order valence-corrected chi connectivity index (χ4v) is 5.14. The zero-order valence-electron chi connectivity index (χ0n) is 20.1. The fraction of sp³-hybridized carbons (Fsp3) is 0.286. The molecule has 190 valence electrons. The van der Waals surface area contributed by atoms with Crippen LogP contribution in [0.25, 0.3) is 0 Å². The highest BCUT2D eigenvalue weighted by molar-refractivity contribution is 7.99. The first kappa shape index (κ1) is 28.4. The molecular formula is C28H29Cl3N2O2S. The van der Waals surface area contributed by atoms with Gasteiger partial charge in [-0.05, 0) is 47.4 Å². The molecule has 0 aliphatic carbocycles. The number of amides is 2. The van der Waals surface area contributed by atoms with Crippen molar-refractivity contribution in [3.05, 3.63) is 105 Å². The van der Waals surface area contributed by atoms with Gasteiger partial charge in [-0.3, -0.25) is 9.59 Å². The van der Waals surface area contributed by atoms with Crippen molar-refractivity contribution in [1.29, 1.82) is 0 Å². The number of rotatable bonds is 12. The highest BCUT2D eigenvalue weighted by atomic mass is 35.5. The number of hydrogen-bond acceptors (Lipinski definition) is 3. The lowest BCUT2D eigenvalue weighted by atomic mass is 10.0. The molecule has 36 heavy (non-hydrogen) atoms. The Morgan fingerprint density at radius 1 is 0.917 bits per heavy atom. The van der Waals surface area contributed by atoms with Gasteiger partial charge in [-0.15, -0.1) is 11.8 Å². The molecular weight excluding hydrogens is 535 g/mol. The molecule has 4 nitrogen and oxygen atoms in total. The maximum Gasteiger partial charge on any atom is 0.243 e. The predicted molar refractivity (Wildman–Crippen MR) is 152 cm³/mol. The number of carbonyl (C=O) groups is 2. The van der Waals surface area contributed by atoms with E-state index in [1.165, 1.54) is 11.8 Å². The number of halogens is 3. The fourth-order valence-electron chi connectivity index (χ4n) is 3.67. The molecule has 3 aromatic rings. The molecule has 3 rings (SSSR count). The van der Waals surface area contributed by atoms with Crippen molar-refractivity contribution < 1.29 is 9.59 Å². The summed E-state index contributed by atoms with van der Waals surface area (Å²) in [6.45, 7) is 2.74. The predicted octanol–water partition coefficient (Wildman–Crippen LogP) is 7.05. The van der Waals surface area contributed by atoms with Gasteiger partial charge in [0, 0.05) is 40.3 Å². The number of thioether (sulfide) groups is 1. The summed E-state index contributed by atoms with van der Waals surface area (Å²) in [5.74, 6) is 0.568. The van der Waals surface area contributed by atoms with E-state index >= 15 is 0 Å². The van der Waals surface area contributed by atoms with Crippen molar-refractivity contribution in [3.8, 4) is 0 Å². The van der Waals surface area contributed by atoms with E-state index in [1.54, 1.807) is 23.1 Å². The molecule has 2 amide bonds. The van der Waals surface area contributed by atoms with E-state index in [-0.39, 0.29) is 24.1 Å². The monoisotopic (exact) mass is 562 g/mol. The summed E-state index contributed by atoms with van der Waals surface area (Å²) in [6.07, 6.45) is 1.20. The van der Waals surface area contributed by atoms with Crippen LogP contribution >= 0.6 is 46.6 Å². The average Bonchev–Trinajstić information content (AvgIpc) is 2.87. The van der Waals surface area contributed by atoms with E-state index in [0.29, 0.717) is 33.8 Å². The number of carbonyl (C=O) groups excluding carboxylic acids is 2. The molecule has 8 heteroatoms. The molecule has 1 N–H and O–H groups in total. The highest BCUT2D eigenvalue weighted by Gasteiger charge is 2.30. The molecule has 0 radical (unpaired) electrons. The molecule has 0 aromatic heterocycles. The Labute approximate surface area is 232 Å². The van der Waals surface area contributed by atoms with Crippen LogP contribution < -0.4 is 5.32 Å². The van der Waals surface area contributed by atoms with Crippen molar-refractivity contribution in [3.63, 3.8) is 0 Å². The smallest absolute Gasteiger partial charge is 0.243 e. The molecule has 0 aliphatic heterocycles. The zero-order valence-corrected chi connectivity index (χ0v) is 23.1. The molecule has 0 saturated heterocycles. The maximum absolute atomic E-state index is 13.6. The van der Waals surface area contributed by atoms with Crippen molar-refractivity contribution in [2.45, 2.75) is 38.1 Å². The molecule has 0 fully saturated rings. The van der Waals surface area contributed by atoms with Gasteiger partial charge in [-0.1, -0.05) is 90.3 Å². The van der Waals surface area contributed by atoms with Crippen molar-refractivity contribution in [2.75, 3.05) is 12.3 Å². The third-order valence-electron chi connectivity index (χ3n) is 5.58. The molecule has 0 spiro atoms. The van der Waals surface area contributed by atoms with Crippen molar-refractivity contribution >= 4 is 58.4 Å². The first-order valence-corrected chi connectivity index (χ1v) is 14.0. The molecule has 0 bridgehead atoms. The molecule has 0 unspecified atom stereocenters. The van der Waals surface area contributed by atoms with Crippen molar-refractivity contribution in [2.24, 2.45) is 0 Å². The van der Waals surface area contributed by atoms with E-state index in [1.807, 2.05) is 61.5 Å². The van der Waals surface area contributed by atoms with Crippen LogP contribution in [0.4, 0.5) is 0 Å². The quantitative estimate of drug-likeness (QED) is 0.257. The van der Waals surface area contributed by atoms with E-state index in [9.17, 15) is 9.59 Å². The maximum atomic E-state index is 13.6. The Hall–Kier alpha value is -2.18. The number of benzene rings is 3. The summed E-state index contributed by atoms with van der Waals surface area (Å²) in [6, 6.07) is 21.8. The van der Waals surface area contributed by atoms with Gasteiger partial charge in [0.1, 0.15) is 6.04 Å². The number of nitrogens with one attached hydrogen (secondary N) is 1. The van der Waals surface area contributed by atoms with Gasteiger partial charge in [0.25, 0.3) is 0 Å². The van der Waals surface area contributed by atoms with E-state index in [4.69, 9.17) is 34.8 Å². The Morgan fingerprint density at radius 3 is 2.28 bits per heavy atom. The lowest BCUT2D eigenvalue weighted by Crippen LogP contribution is -2.51. The minimum atomic E-state index is -0.686. The number of hydrogen-bond donors (Lipinski definition) is 1. The second-order valence-electron chi connectivity index (χ2n) is 8.37. The van der Waals surface area contributed by atoms with Crippen LogP contribution in [-0.4, -0.2) is 35.1 Å². The second-order valence-corrected chi connectivity index (χ2v) is 10.6. The Bertz CT molecular complexity index is 1140. The van der Waals surface area contributed by atoms with Crippen LogP contribution in [-0.2, 0) is 28.3 Å². The third kappa shape index (κ3) is 8.74. The lowest BCUT2D eigenvalue weighted by Gasteiger charge is -2.32. The Morgan fingerprint density at radius 2 is 1.61 bits per heavy atom. The summed E-state index contributed by atoms with van der Waals surface area (Å²) in [7, 11) is 0. The van der Waals surface area contributed by atoms with Gasteiger partial charge in [-0.25, -0.2) is 0 Å². The highest BCUT2D eigenvalue weighted by Crippen LogP contribution is 2.25. The van der Waals surface area contributed by atoms with E-state index < -0.39 is 6.04 Å². The second kappa shape index (κ2) is 14.5. The molecule has 0 saturated carbocycles. The zero-order chi connectivity index (χ0) is 25.9. The van der Waals surface area contributed by atoms with Gasteiger partial charge < -0.3 is 10.2 Å². The van der Waals surface area contributed by atoms with Crippen LogP contribution in [0.2, 0.25) is 15.1 Å². The van der Waals surface area contributed by atoms with Crippen molar-refractivity contribution in [1.82, 2.24) is 10.2 Å². The first-order valence-electron chi connectivity index (χ1n) is 11.7. The topological polar surface area (TPSA) is 49.4 Å². The summed E-state index contributed by atoms with van der Waals surface area (Å²) in [5, 5.41) is 4.63. The first-order chi connectivity index (χ1) is 17.4. The minimum absolute atomic E-state index is 0.132. The van der Waals surface area contributed by atoms with Gasteiger partial charge in [0.15, 0.2) is 0 Å². The van der Waals surface area contributed by atoms with Crippen LogP contribution in [0.15, 0.2) is 72.8 Å². The van der Waals surface area contributed by atoms with Gasteiger partial charge in [-0.2, -0.15) is 0 Å². The molecule has 1 atom stereocenters.